The quantitative estimate of drug-likeness (QED) is 0.216. The Morgan fingerprint density at radius 3 is 2.23 bits per heavy atom. The summed E-state index contributed by atoms with van der Waals surface area (Å²) in [5.74, 6) is 0.547. The molecule has 0 aliphatic carbocycles. The molecule has 1 aliphatic heterocycles. The molecule has 1 aliphatic rings. The van der Waals surface area contributed by atoms with Crippen molar-refractivity contribution < 1.29 is 9.21 Å². The van der Waals surface area contributed by atoms with Crippen LogP contribution in [-0.2, 0) is 17.9 Å². The van der Waals surface area contributed by atoms with Gasteiger partial charge in [0.15, 0.2) is 10.3 Å². The number of benzene rings is 3. The summed E-state index contributed by atoms with van der Waals surface area (Å²) < 4.78 is 6.92. The maximum absolute atomic E-state index is 13.4. The molecule has 1 fully saturated rings. The molecule has 0 bridgehead atoms. The molecule has 0 unspecified atom stereocenters. The minimum Gasteiger partial charge on any atom is -0.449 e. The summed E-state index contributed by atoms with van der Waals surface area (Å²) in [4.78, 5) is 21.6. The predicted molar refractivity (Wildman–Crippen MR) is 147 cm³/mol. The van der Waals surface area contributed by atoms with E-state index in [2.05, 4.69) is 15.9 Å². The third-order valence-corrected chi connectivity index (χ3v) is 8.11. The van der Waals surface area contributed by atoms with Gasteiger partial charge in [-0.3, -0.25) is 14.7 Å². The Morgan fingerprint density at radius 2 is 1.54 bits per heavy atom. The van der Waals surface area contributed by atoms with Crippen LogP contribution < -0.4 is 0 Å². The summed E-state index contributed by atoms with van der Waals surface area (Å²) >= 11 is 6.51. The van der Waals surface area contributed by atoms with Gasteiger partial charge in [-0.1, -0.05) is 90.6 Å². The lowest BCUT2D eigenvalue weighted by molar-refractivity contribution is -0.122. The third-order valence-electron chi connectivity index (χ3n) is 5.21. The molecule has 4 nitrogen and oxygen atoms in total. The van der Waals surface area contributed by atoms with Crippen molar-refractivity contribution in [1.29, 1.82) is 0 Å². The van der Waals surface area contributed by atoms with E-state index in [-0.39, 0.29) is 5.91 Å². The number of aliphatic imine (C=N–C) groups is 1. The van der Waals surface area contributed by atoms with Gasteiger partial charge in [-0.05, 0) is 57.0 Å². The van der Waals surface area contributed by atoms with E-state index < -0.39 is 0 Å². The fraction of sp³-hybridized carbons (Fsp3) is 0.0714. The van der Waals surface area contributed by atoms with E-state index in [0.29, 0.717) is 28.9 Å². The van der Waals surface area contributed by atoms with Gasteiger partial charge in [0.05, 0.1) is 22.5 Å². The van der Waals surface area contributed by atoms with Crippen molar-refractivity contribution in [1.82, 2.24) is 4.90 Å². The predicted octanol–water partition coefficient (Wildman–Crippen LogP) is 7.87. The monoisotopic (exact) mass is 560 g/mol. The Hall–Kier alpha value is -3.00. The van der Waals surface area contributed by atoms with E-state index in [1.165, 1.54) is 23.5 Å². The molecule has 174 valence electrons. The molecule has 2 heterocycles. The smallest absolute Gasteiger partial charge is 0.267 e. The van der Waals surface area contributed by atoms with Crippen molar-refractivity contribution in [2.24, 2.45) is 4.99 Å². The van der Waals surface area contributed by atoms with Crippen LogP contribution in [0, 0.1) is 0 Å². The van der Waals surface area contributed by atoms with Gasteiger partial charge in [-0.25, -0.2) is 0 Å². The number of hydrogen-bond donors (Lipinski definition) is 0. The van der Waals surface area contributed by atoms with Gasteiger partial charge in [0.25, 0.3) is 5.91 Å². The van der Waals surface area contributed by atoms with Crippen LogP contribution in [0.1, 0.15) is 16.9 Å². The third kappa shape index (κ3) is 5.99. The van der Waals surface area contributed by atoms with E-state index in [0.717, 1.165) is 25.6 Å². The minimum atomic E-state index is -0.0737. The topological polar surface area (TPSA) is 45.8 Å². The van der Waals surface area contributed by atoms with E-state index in [4.69, 9.17) is 9.41 Å². The second-order valence-corrected chi connectivity index (χ2v) is 10.7. The average Bonchev–Trinajstić information content (AvgIpc) is 3.38. The summed E-state index contributed by atoms with van der Waals surface area (Å²) in [6.45, 7) is 0.980. The lowest BCUT2D eigenvalue weighted by atomic mass is 10.2. The molecule has 5 rings (SSSR count). The Bertz CT molecular complexity index is 1370. The summed E-state index contributed by atoms with van der Waals surface area (Å²) in [6.07, 6.45) is 1.80. The van der Waals surface area contributed by atoms with Crippen LogP contribution in [0.2, 0.25) is 0 Å². The van der Waals surface area contributed by atoms with Crippen LogP contribution in [0.5, 0.6) is 0 Å². The molecule has 3 aromatic carbocycles. The molecule has 0 radical (unpaired) electrons. The Labute approximate surface area is 221 Å². The zero-order valence-electron chi connectivity index (χ0n) is 18.6. The Kier molecular flexibility index (Phi) is 7.57. The average molecular weight is 562 g/mol. The first kappa shape index (κ1) is 23.7. The van der Waals surface area contributed by atoms with Gasteiger partial charge in [-0.15, -0.1) is 0 Å². The molecule has 35 heavy (non-hydrogen) atoms. The first-order valence-electron chi connectivity index (χ1n) is 11.0. The van der Waals surface area contributed by atoms with Gasteiger partial charge in [0.2, 0.25) is 0 Å². The van der Waals surface area contributed by atoms with Crippen molar-refractivity contribution in [2.75, 3.05) is 0 Å². The van der Waals surface area contributed by atoms with Gasteiger partial charge >= 0.3 is 0 Å². The number of furan rings is 1. The van der Waals surface area contributed by atoms with Crippen LogP contribution in [0.3, 0.4) is 0 Å². The molecule has 1 amide bonds. The molecule has 0 atom stereocenters. The molecular weight excluding hydrogens is 540 g/mol. The molecule has 1 saturated heterocycles. The van der Waals surface area contributed by atoms with Crippen LogP contribution in [-0.4, -0.2) is 16.0 Å². The zero-order chi connectivity index (χ0) is 24.0. The summed E-state index contributed by atoms with van der Waals surface area (Å²) in [6, 6.07) is 32.0. The number of carbonyl (C=O) groups excluding carboxylic acids is 1. The van der Waals surface area contributed by atoms with Crippen molar-refractivity contribution >= 4 is 56.6 Å². The van der Waals surface area contributed by atoms with Gasteiger partial charge in [0, 0.05) is 11.0 Å². The van der Waals surface area contributed by atoms with E-state index in [1.807, 2.05) is 97.1 Å². The molecule has 0 N–H and O–H groups in total. The van der Waals surface area contributed by atoms with Crippen molar-refractivity contribution in [3.63, 3.8) is 0 Å². The number of carbonyl (C=O) groups is 1. The second kappa shape index (κ2) is 11.2. The van der Waals surface area contributed by atoms with E-state index in [1.54, 1.807) is 11.0 Å². The van der Waals surface area contributed by atoms with Crippen molar-refractivity contribution in [3.8, 4) is 0 Å². The lowest BCUT2D eigenvalue weighted by Gasteiger charge is -2.15. The Balaban J connectivity index is 1.41. The first-order valence-corrected chi connectivity index (χ1v) is 13.4. The maximum atomic E-state index is 13.4. The van der Waals surface area contributed by atoms with Gasteiger partial charge in [0.1, 0.15) is 5.76 Å². The van der Waals surface area contributed by atoms with E-state index >= 15 is 0 Å². The largest absolute Gasteiger partial charge is 0.449 e. The van der Waals surface area contributed by atoms with Gasteiger partial charge in [-0.2, -0.15) is 0 Å². The highest BCUT2D eigenvalue weighted by Gasteiger charge is 2.33. The van der Waals surface area contributed by atoms with Crippen molar-refractivity contribution in [2.45, 2.75) is 23.1 Å². The highest BCUT2D eigenvalue weighted by Crippen LogP contribution is 2.39. The molecule has 0 saturated carbocycles. The number of amidine groups is 1. The fourth-order valence-electron chi connectivity index (χ4n) is 3.51. The molecule has 1 aromatic heterocycles. The van der Waals surface area contributed by atoms with Crippen LogP contribution in [0.15, 0.2) is 126 Å². The summed E-state index contributed by atoms with van der Waals surface area (Å²) in [5, 5.41) is 1.44. The summed E-state index contributed by atoms with van der Waals surface area (Å²) in [7, 11) is 0. The van der Waals surface area contributed by atoms with E-state index in [9.17, 15) is 4.79 Å². The number of nitrogens with zero attached hydrogens (tertiary/aromatic N) is 2. The number of hydrogen-bond acceptors (Lipinski definition) is 5. The van der Waals surface area contributed by atoms with Crippen molar-refractivity contribution in [3.05, 3.63) is 123 Å². The Morgan fingerprint density at radius 1 is 0.914 bits per heavy atom. The fourth-order valence-corrected chi connectivity index (χ4v) is 5.82. The number of rotatable bonds is 7. The summed E-state index contributed by atoms with van der Waals surface area (Å²) in [5.41, 5.74) is 2.15. The molecule has 0 spiro atoms. The van der Waals surface area contributed by atoms with Gasteiger partial charge < -0.3 is 4.42 Å². The van der Waals surface area contributed by atoms with Crippen LogP contribution in [0.4, 0.5) is 0 Å². The standard InChI is InChI=1S/C28H21BrN2O2S2/c29-24-16-22(33-27(24)34-23-14-8-3-9-15-23)17-25-26(32)31(19-21-12-6-2-7-13-21)28(35-25)30-18-20-10-4-1-5-11-20/h1-17H,18-19H2/b25-17-,30-28?. The highest BCUT2D eigenvalue weighted by molar-refractivity contribution is 9.10. The molecule has 4 aromatic rings. The normalized spacial score (nSPS) is 15.9. The zero-order valence-corrected chi connectivity index (χ0v) is 21.9. The maximum Gasteiger partial charge on any atom is 0.267 e. The lowest BCUT2D eigenvalue weighted by Crippen LogP contribution is -2.28. The number of halogens is 1. The number of thioether (sulfide) groups is 1. The number of amides is 1. The highest BCUT2D eigenvalue weighted by atomic mass is 79.9. The minimum absolute atomic E-state index is 0.0737. The SMILES string of the molecule is O=C1/C(=C/c2cc(Br)c(Sc3ccccc3)o2)SC(=NCc2ccccc2)N1Cc1ccccc1. The first-order chi connectivity index (χ1) is 17.2. The molecule has 7 heteroatoms. The van der Waals surface area contributed by atoms with Crippen LogP contribution in [0.25, 0.3) is 6.08 Å². The van der Waals surface area contributed by atoms with Crippen LogP contribution >= 0.6 is 39.5 Å². The molecular formula is C28H21BrN2O2S2. The second-order valence-electron chi connectivity index (χ2n) is 7.77.